The van der Waals surface area contributed by atoms with Crippen molar-refractivity contribution in [2.45, 2.75) is 58.1 Å². The second-order valence-electron chi connectivity index (χ2n) is 5.66. The third kappa shape index (κ3) is 6.67. The minimum absolute atomic E-state index is 0.0492. The molecule has 94 valence electrons. The smallest absolute Gasteiger partial charge is 0.407 e. The Morgan fingerprint density at radius 3 is 2.62 bits per heavy atom. The van der Waals surface area contributed by atoms with Gasteiger partial charge in [-0.25, -0.2) is 4.79 Å². The highest BCUT2D eigenvalue weighted by Crippen LogP contribution is 2.33. The van der Waals surface area contributed by atoms with Gasteiger partial charge in [0, 0.05) is 12.6 Å². The van der Waals surface area contributed by atoms with Crippen molar-refractivity contribution in [2.75, 3.05) is 6.54 Å². The van der Waals surface area contributed by atoms with Crippen LogP contribution < -0.4 is 11.1 Å². The van der Waals surface area contributed by atoms with E-state index in [0.717, 1.165) is 12.3 Å². The number of carbonyl (C=O) groups is 1. The normalized spacial score (nSPS) is 18.0. The Morgan fingerprint density at radius 1 is 1.50 bits per heavy atom. The van der Waals surface area contributed by atoms with Gasteiger partial charge in [-0.15, -0.1) is 0 Å². The fraction of sp³-hybridized carbons (Fsp3) is 0.917. The van der Waals surface area contributed by atoms with Gasteiger partial charge in [-0.05, 0) is 39.5 Å². The highest BCUT2D eigenvalue weighted by atomic mass is 16.6. The second kappa shape index (κ2) is 5.53. The van der Waals surface area contributed by atoms with Crippen molar-refractivity contribution >= 4 is 6.09 Å². The van der Waals surface area contributed by atoms with Crippen LogP contribution in [-0.2, 0) is 4.74 Å². The van der Waals surface area contributed by atoms with Crippen LogP contribution in [0, 0.1) is 5.92 Å². The van der Waals surface area contributed by atoms with E-state index in [4.69, 9.17) is 10.5 Å². The van der Waals surface area contributed by atoms with Crippen molar-refractivity contribution in [1.29, 1.82) is 0 Å². The molecule has 0 heterocycles. The number of ether oxygens (including phenoxy) is 1. The number of nitrogens with two attached hydrogens (primary N) is 1. The van der Waals surface area contributed by atoms with Gasteiger partial charge in [0.2, 0.25) is 0 Å². The molecular weight excluding hydrogens is 204 g/mol. The molecule has 1 aliphatic carbocycles. The first-order valence-electron chi connectivity index (χ1n) is 6.09. The van der Waals surface area contributed by atoms with E-state index in [9.17, 15) is 4.79 Å². The van der Waals surface area contributed by atoms with Crippen LogP contribution in [0.25, 0.3) is 0 Å². The van der Waals surface area contributed by atoms with E-state index < -0.39 is 5.60 Å². The van der Waals surface area contributed by atoms with Gasteiger partial charge >= 0.3 is 6.09 Å². The highest BCUT2D eigenvalue weighted by molar-refractivity contribution is 5.67. The number of hydrogen-bond donors (Lipinski definition) is 2. The predicted molar refractivity (Wildman–Crippen MR) is 64.2 cm³/mol. The zero-order valence-electron chi connectivity index (χ0n) is 10.6. The molecule has 0 bridgehead atoms. The van der Waals surface area contributed by atoms with Gasteiger partial charge < -0.3 is 15.8 Å². The summed E-state index contributed by atoms with van der Waals surface area (Å²) in [4.78, 5) is 11.3. The summed E-state index contributed by atoms with van der Waals surface area (Å²) in [6, 6.07) is 0.0492. The molecule has 1 atom stereocenters. The Balaban J connectivity index is 2.05. The van der Waals surface area contributed by atoms with Crippen molar-refractivity contribution in [1.82, 2.24) is 5.32 Å². The van der Waals surface area contributed by atoms with E-state index >= 15 is 0 Å². The number of amides is 1. The lowest BCUT2D eigenvalue weighted by Gasteiger charge is -2.20. The van der Waals surface area contributed by atoms with Gasteiger partial charge in [0.25, 0.3) is 0 Å². The van der Waals surface area contributed by atoms with E-state index in [2.05, 4.69) is 5.32 Å². The predicted octanol–water partition coefficient (Wildman–Crippen LogP) is 2.03. The maximum Gasteiger partial charge on any atom is 0.407 e. The lowest BCUT2D eigenvalue weighted by atomic mass is 10.1. The summed E-state index contributed by atoms with van der Waals surface area (Å²) in [5.41, 5.74) is 5.45. The maximum absolute atomic E-state index is 11.3. The molecule has 0 radical (unpaired) electrons. The molecule has 0 aliphatic heterocycles. The van der Waals surface area contributed by atoms with Crippen molar-refractivity contribution in [3.63, 3.8) is 0 Å². The minimum atomic E-state index is -0.442. The van der Waals surface area contributed by atoms with Gasteiger partial charge in [0.1, 0.15) is 5.60 Å². The number of alkyl carbamates (subject to hydrolysis) is 1. The minimum Gasteiger partial charge on any atom is -0.444 e. The molecule has 1 rings (SSSR count). The molecule has 1 fully saturated rings. The molecule has 0 spiro atoms. The van der Waals surface area contributed by atoms with Gasteiger partial charge in [-0.2, -0.15) is 0 Å². The largest absolute Gasteiger partial charge is 0.444 e. The average molecular weight is 228 g/mol. The molecule has 0 saturated heterocycles. The molecule has 1 unspecified atom stereocenters. The van der Waals surface area contributed by atoms with E-state index in [-0.39, 0.29) is 12.1 Å². The number of carbonyl (C=O) groups excluding carboxylic acids is 1. The van der Waals surface area contributed by atoms with Crippen LogP contribution in [0.5, 0.6) is 0 Å². The number of nitrogens with one attached hydrogen (secondary N) is 1. The standard InChI is InChI=1S/C12H24N2O2/c1-12(2,3)16-11(15)14-8-10(13)7-6-9-4-5-9/h9-10H,4-8,13H2,1-3H3,(H,14,15). The molecule has 16 heavy (non-hydrogen) atoms. The molecule has 1 saturated carbocycles. The van der Waals surface area contributed by atoms with Crippen LogP contribution in [0.2, 0.25) is 0 Å². The molecule has 0 aromatic heterocycles. The number of hydrogen-bond acceptors (Lipinski definition) is 3. The van der Waals surface area contributed by atoms with Crippen LogP contribution in [0.15, 0.2) is 0 Å². The highest BCUT2D eigenvalue weighted by Gasteiger charge is 2.22. The monoisotopic (exact) mass is 228 g/mol. The first-order valence-corrected chi connectivity index (χ1v) is 6.09. The van der Waals surface area contributed by atoms with Gasteiger partial charge in [0.15, 0.2) is 0 Å². The zero-order valence-corrected chi connectivity index (χ0v) is 10.6. The van der Waals surface area contributed by atoms with Crippen molar-refractivity contribution in [2.24, 2.45) is 11.7 Å². The summed E-state index contributed by atoms with van der Waals surface area (Å²) in [5, 5.41) is 2.70. The lowest BCUT2D eigenvalue weighted by Crippen LogP contribution is -2.40. The molecule has 1 aliphatic rings. The summed E-state index contributed by atoms with van der Waals surface area (Å²) >= 11 is 0. The Bertz CT molecular complexity index is 232. The van der Waals surface area contributed by atoms with E-state index in [1.165, 1.54) is 19.3 Å². The van der Waals surface area contributed by atoms with Crippen LogP contribution in [0.1, 0.15) is 46.5 Å². The molecule has 0 aromatic rings. The fourth-order valence-corrected chi connectivity index (χ4v) is 1.49. The van der Waals surface area contributed by atoms with Crippen molar-refractivity contribution in [3.05, 3.63) is 0 Å². The topological polar surface area (TPSA) is 64.3 Å². The Labute approximate surface area is 97.9 Å². The van der Waals surface area contributed by atoms with Crippen LogP contribution in [0.3, 0.4) is 0 Å². The molecular formula is C12H24N2O2. The third-order valence-corrected chi connectivity index (χ3v) is 2.55. The third-order valence-electron chi connectivity index (χ3n) is 2.55. The SMILES string of the molecule is CC(C)(C)OC(=O)NCC(N)CCC1CC1. The lowest BCUT2D eigenvalue weighted by molar-refractivity contribution is 0.0524. The second-order valence-corrected chi connectivity index (χ2v) is 5.66. The molecule has 0 aromatic carbocycles. The van der Waals surface area contributed by atoms with E-state index in [1.54, 1.807) is 0 Å². The maximum atomic E-state index is 11.3. The fourth-order valence-electron chi connectivity index (χ4n) is 1.49. The molecule has 4 heteroatoms. The summed E-state index contributed by atoms with van der Waals surface area (Å²) in [5.74, 6) is 0.896. The van der Waals surface area contributed by atoms with Crippen molar-refractivity contribution < 1.29 is 9.53 Å². The summed E-state index contributed by atoms with van der Waals surface area (Å²) < 4.78 is 5.12. The Hall–Kier alpha value is -0.770. The van der Waals surface area contributed by atoms with Crippen LogP contribution in [-0.4, -0.2) is 24.3 Å². The van der Waals surface area contributed by atoms with Crippen molar-refractivity contribution in [3.8, 4) is 0 Å². The van der Waals surface area contributed by atoms with E-state index in [1.807, 2.05) is 20.8 Å². The van der Waals surface area contributed by atoms with Crippen LogP contribution >= 0.6 is 0 Å². The summed E-state index contributed by atoms with van der Waals surface area (Å²) in [6.45, 7) is 6.04. The first kappa shape index (κ1) is 13.3. The quantitative estimate of drug-likeness (QED) is 0.756. The summed E-state index contributed by atoms with van der Waals surface area (Å²) in [7, 11) is 0. The van der Waals surface area contributed by atoms with E-state index in [0.29, 0.717) is 6.54 Å². The summed E-state index contributed by atoms with van der Waals surface area (Å²) in [6.07, 6.45) is 4.50. The Kier molecular flexibility index (Phi) is 4.59. The van der Waals surface area contributed by atoms with Gasteiger partial charge in [-0.1, -0.05) is 12.8 Å². The molecule has 1 amide bonds. The number of rotatable bonds is 5. The first-order chi connectivity index (χ1) is 7.37. The Morgan fingerprint density at radius 2 is 2.12 bits per heavy atom. The van der Waals surface area contributed by atoms with Gasteiger partial charge in [0.05, 0.1) is 0 Å². The molecule has 3 N–H and O–H groups in total. The molecule has 4 nitrogen and oxygen atoms in total. The average Bonchev–Trinajstić information content (AvgIpc) is 2.92. The zero-order chi connectivity index (χ0) is 12.2. The van der Waals surface area contributed by atoms with Crippen LogP contribution in [0.4, 0.5) is 4.79 Å². The van der Waals surface area contributed by atoms with Gasteiger partial charge in [-0.3, -0.25) is 0 Å².